The van der Waals surface area contributed by atoms with Gasteiger partial charge in [-0.2, -0.15) is 0 Å². The molecule has 3 N–H and O–H groups in total. The van der Waals surface area contributed by atoms with Gasteiger partial charge in [-0.3, -0.25) is 0 Å². The van der Waals surface area contributed by atoms with Gasteiger partial charge in [-0.05, 0) is 43.6 Å². The summed E-state index contributed by atoms with van der Waals surface area (Å²) < 4.78 is 27.3. The zero-order chi connectivity index (χ0) is 14.9. The number of thiophene rings is 1. The van der Waals surface area contributed by atoms with Crippen molar-refractivity contribution >= 4 is 27.3 Å². The van der Waals surface area contributed by atoms with Crippen LogP contribution >= 0.6 is 11.3 Å². The number of aromatic carboxylic acids is 1. The third kappa shape index (κ3) is 3.20. The number of rotatable bonds is 4. The summed E-state index contributed by atoms with van der Waals surface area (Å²) >= 11 is 0.915. The molecule has 1 heterocycles. The van der Waals surface area contributed by atoms with Crippen LogP contribution < -0.4 is 4.72 Å². The van der Waals surface area contributed by atoms with Crippen molar-refractivity contribution in [3.8, 4) is 0 Å². The molecule has 0 aliphatic heterocycles. The smallest absolute Gasteiger partial charge is 0.347 e. The Morgan fingerprint density at radius 3 is 2.50 bits per heavy atom. The highest BCUT2D eigenvalue weighted by Gasteiger charge is 2.30. The summed E-state index contributed by atoms with van der Waals surface area (Å²) in [7, 11) is -3.84. The molecule has 1 saturated carbocycles. The highest BCUT2D eigenvalue weighted by molar-refractivity contribution is 7.89. The van der Waals surface area contributed by atoms with Crippen LogP contribution in [0.3, 0.4) is 0 Å². The average molecular weight is 319 g/mol. The van der Waals surface area contributed by atoms with Crippen LogP contribution in [0.25, 0.3) is 0 Å². The fourth-order valence-corrected chi connectivity index (χ4v) is 5.32. The molecule has 1 aliphatic rings. The quantitative estimate of drug-likeness (QED) is 0.777. The van der Waals surface area contributed by atoms with Gasteiger partial charge < -0.3 is 10.2 Å². The number of sulfonamides is 1. The number of hydrogen-bond donors (Lipinski definition) is 3. The van der Waals surface area contributed by atoms with E-state index in [9.17, 15) is 18.3 Å². The molecule has 0 saturated heterocycles. The second-order valence-corrected chi connectivity index (χ2v) is 7.54. The van der Waals surface area contributed by atoms with Crippen molar-refractivity contribution in [1.82, 2.24) is 4.72 Å². The largest absolute Gasteiger partial charge is 0.477 e. The molecule has 0 amide bonds. The number of aryl methyl sites for hydroxylation is 1. The van der Waals surface area contributed by atoms with Gasteiger partial charge in [-0.15, -0.1) is 11.3 Å². The van der Waals surface area contributed by atoms with Crippen LogP contribution in [0.15, 0.2) is 10.3 Å². The summed E-state index contributed by atoms with van der Waals surface area (Å²) in [5, 5.41) is 20.0. The monoisotopic (exact) mass is 319 g/mol. The molecule has 0 spiro atoms. The van der Waals surface area contributed by atoms with E-state index in [4.69, 9.17) is 5.11 Å². The molecule has 0 bridgehead atoms. The van der Waals surface area contributed by atoms with Crippen molar-refractivity contribution in [1.29, 1.82) is 0 Å². The van der Waals surface area contributed by atoms with Gasteiger partial charge in [-0.1, -0.05) is 0 Å². The molecule has 1 aromatic heterocycles. The van der Waals surface area contributed by atoms with E-state index in [0.717, 1.165) is 11.3 Å². The fraction of sp³-hybridized carbons (Fsp3) is 0.583. The van der Waals surface area contributed by atoms with E-state index in [0.29, 0.717) is 31.2 Å². The van der Waals surface area contributed by atoms with Crippen LogP contribution in [0.2, 0.25) is 0 Å². The molecule has 0 radical (unpaired) electrons. The Bertz CT molecular complexity index is 599. The molecule has 1 aliphatic carbocycles. The van der Waals surface area contributed by atoms with Gasteiger partial charge >= 0.3 is 5.97 Å². The Labute approximate surface area is 121 Å². The zero-order valence-corrected chi connectivity index (χ0v) is 12.6. The van der Waals surface area contributed by atoms with Crippen LogP contribution in [-0.2, 0) is 10.0 Å². The lowest BCUT2D eigenvalue weighted by Gasteiger charge is -2.26. The summed E-state index contributed by atoms with van der Waals surface area (Å²) in [5.74, 6) is -1.23. The molecule has 112 valence electrons. The molecule has 1 fully saturated rings. The molecule has 6 nitrogen and oxygen atoms in total. The molecular formula is C12H17NO5S2. The summed E-state index contributed by atoms with van der Waals surface area (Å²) in [4.78, 5) is 10.8. The topological polar surface area (TPSA) is 104 Å². The van der Waals surface area contributed by atoms with Crippen molar-refractivity contribution in [2.24, 2.45) is 0 Å². The molecule has 0 unspecified atom stereocenters. The number of aliphatic hydroxyl groups excluding tert-OH is 1. The summed E-state index contributed by atoms with van der Waals surface area (Å²) in [6, 6.07) is -0.246. The molecule has 2 rings (SSSR count). The Balaban J connectivity index is 2.23. The van der Waals surface area contributed by atoms with Gasteiger partial charge in [0.2, 0.25) is 10.0 Å². The van der Waals surface area contributed by atoms with E-state index in [1.807, 2.05) is 0 Å². The summed E-state index contributed by atoms with van der Waals surface area (Å²) in [6.07, 6.45) is 1.87. The maximum Gasteiger partial charge on any atom is 0.347 e. The predicted octanol–water partition coefficient (Wildman–Crippen LogP) is 1.34. The minimum absolute atomic E-state index is 0.138. The normalized spacial score (nSPS) is 23.7. The highest BCUT2D eigenvalue weighted by Crippen LogP contribution is 2.28. The van der Waals surface area contributed by atoms with Crippen molar-refractivity contribution in [2.75, 3.05) is 0 Å². The second-order valence-electron chi connectivity index (χ2n) is 5.01. The first-order valence-corrected chi connectivity index (χ1v) is 8.69. The minimum atomic E-state index is -3.84. The van der Waals surface area contributed by atoms with Crippen molar-refractivity contribution in [2.45, 2.75) is 49.6 Å². The van der Waals surface area contributed by atoms with Crippen LogP contribution in [0.1, 0.15) is 40.9 Å². The van der Waals surface area contributed by atoms with E-state index >= 15 is 0 Å². The lowest BCUT2D eigenvalue weighted by molar-refractivity contribution is 0.0698. The van der Waals surface area contributed by atoms with E-state index in [1.165, 1.54) is 5.38 Å². The van der Waals surface area contributed by atoms with Gasteiger partial charge in [0.25, 0.3) is 0 Å². The third-order valence-corrected chi connectivity index (χ3v) is 6.32. The standard InChI is InChI=1S/C12H17NO5S2/c1-7-6-19-10(12(15)16)11(7)20(17,18)13-8-2-4-9(14)5-3-8/h6,8-9,13-14H,2-5H2,1H3,(H,15,16). The molecule has 8 heteroatoms. The lowest BCUT2D eigenvalue weighted by Crippen LogP contribution is -2.39. The van der Waals surface area contributed by atoms with Crippen molar-refractivity contribution in [3.63, 3.8) is 0 Å². The van der Waals surface area contributed by atoms with Gasteiger partial charge in [0.05, 0.1) is 6.10 Å². The minimum Gasteiger partial charge on any atom is -0.477 e. The predicted molar refractivity (Wildman–Crippen MR) is 74.6 cm³/mol. The maximum absolute atomic E-state index is 12.4. The Hall–Kier alpha value is -0.960. The van der Waals surface area contributed by atoms with E-state index in [1.54, 1.807) is 6.92 Å². The van der Waals surface area contributed by atoms with Crippen LogP contribution in [0.5, 0.6) is 0 Å². The van der Waals surface area contributed by atoms with Gasteiger partial charge in [0.15, 0.2) is 0 Å². The summed E-state index contributed by atoms with van der Waals surface area (Å²) in [6.45, 7) is 1.59. The number of carboxylic acids is 1. The number of aliphatic hydroxyl groups is 1. The van der Waals surface area contributed by atoms with Crippen LogP contribution in [0, 0.1) is 6.92 Å². The van der Waals surface area contributed by atoms with Gasteiger partial charge in [-0.25, -0.2) is 17.9 Å². The zero-order valence-electron chi connectivity index (χ0n) is 11.0. The Morgan fingerprint density at radius 1 is 1.35 bits per heavy atom. The first kappa shape index (κ1) is 15.4. The van der Waals surface area contributed by atoms with Gasteiger partial charge in [0.1, 0.15) is 9.77 Å². The highest BCUT2D eigenvalue weighted by atomic mass is 32.2. The van der Waals surface area contributed by atoms with Crippen LogP contribution in [0.4, 0.5) is 0 Å². The number of hydrogen-bond acceptors (Lipinski definition) is 5. The average Bonchev–Trinajstić information content (AvgIpc) is 2.75. The molecule has 0 atom stereocenters. The Morgan fingerprint density at radius 2 is 1.95 bits per heavy atom. The molecule has 0 aromatic carbocycles. The molecule has 1 aromatic rings. The third-order valence-electron chi connectivity index (χ3n) is 3.40. The Kier molecular flexibility index (Phi) is 4.48. The number of nitrogens with one attached hydrogen (secondary N) is 1. The second kappa shape index (κ2) is 5.80. The van der Waals surface area contributed by atoms with Crippen molar-refractivity contribution in [3.05, 3.63) is 15.8 Å². The van der Waals surface area contributed by atoms with Gasteiger partial charge in [0, 0.05) is 6.04 Å². The van der Waals surface area contributed by atoms with E-state index in [2.05, 4.69) is 4.72 Å². The van der Waals surface area contributed by atoms with E-state index < -0.39 is 16.0 Å². The van der Waals surface area contributed by atoms with E-state index in [-0.39, 0.29) is 21.9 Å². The van der Waals surface area contributed by atoms with Crippen molar-refractivity contribution < 1.29 is 23.4 Å². The molecule has 20 heavy (non-hydrogen) atoms. The number of carboxylic acid groups (broad SMARTS) is 1. The first-order chi connectivity index (χ1) is 9.31. The maximum atomic E-state index is 12.4. The number of carbonyl (C=O) groups is 1. The first-order valence-electron chi connectivity index (χ1n) is 6.33. The summed E-state index contributed by atoms with van der Waals surface area (Å²) in [5.41, 5.74) is 0.441. The fourth-order valence-electron chi connectivity index (χ4n) is 2.39. The van der Waals surface area contributed by atoms with Crippen LogP contribution in [-0.4, -0.2) is 36.7 Å². The SMILES string of the molecule is Cc1csc(C(=O)O)c1S(=O)(=O)NC1CCC(O)CC1. The lowest BCUT2D eigenvalue weighted by atomic mass is 9.94. The molecular weight excluding hydrogens is 302 g/mol.